The average Bonchev–Trinajstić information content (AvgIpc) is 0.722. The zero-order valence-corrected chi connectivity index (χ0v) is 8.41. The van der Waals surface area contributed by atoms with Crippen molar-refractivity contribution in [3.63, 3.8) is 0 Å². The molecule has 0 aromatic carbocycles. The molecule has 0 saturated carbocycles. The normalized spacial score (nSPS) is 6.56. The summed E-state index contributed by atoms with van der Waals surface area (Å²) in [7, 11) is -5.39. The van der Waals surface area contributed by atoms with Crippen molar-refractivity contribution >= 4 is 25.2 Å². The molecular formula is AlCuFeLiO4P+5. The maximum absolute atomic E-state index is 8.55. The molecule has 0 amide bonds. The van der Waals surface area contributed by atoms with Gasteiger partial charge in [-0.1, -0.05) is 0 Å². The first-order valence-corrected chi connectivity index (χ1v) is 2.19. The van der Waals surface area contributed by atoms with Crippen LogP contribution in [-0.2, 0) is 38.7 Å². The van der Waals surface area contributed by atoms with Crippen LogP contribution in [0, 0.1) is 0 Å². The van der Waals surface area contributed by atoms with E-state index in [0.717, 1.165) is 0 Å². The van der Waals surface area contributed by atoms with Gasteiger partial charge in [0.1, 0.15) is 0 Å². The van der Waals surface area contributed by atoms with Crippen LogP contribution in [0.2, 0.25) is 0 Å². The second kappa shape index (κ2) is 12.9. The molecule has 0 aliphatic carbocycles. The van der Waals surface area contributed by atoms with Crippen LogP contribution < -0.4 is 33.5 Å². The van der Waals surface area contributed by atoms with Gasteiger partial charge in [-0.2, -0.15) is 7.82 Å². The molecule has 0 saturated heterocycles. The molecule has 1 radical (unpaired) electrons. The molecule has 0 aromatic heterocycles. The Morgan fingerprint density at radius 2 is 1.11 bits per heavy atom. The van der Waals surface area contributed by atoms with Gasteiger partial charge in [0.05, 0.1) is 0 Å². The molecule has 0 spiro atoms. The van der Waals surface area contributed by atoms with E-state index in [1.807, 2.05) is 0 Å². The predicted molar refractivity (Wildman–Crippen MR) is 13.4 cm³/mol. The fourth-order valence-electron chi connectivity index (χ4n) is 0. The van der Waals surface area contributed by atoms with E-state index >= 15 is 0 Å². The van der Waals surface area contributed by atoms with Gasteiger partial charge in [-0.25, -0.2) is 0 Å². The summed E-state index contributed by atoms with van der Waals surface area (Å²) in [6.45, 7) is 0. The summed E-state index contributed by atoms with van der Waals surface area (Å²) in [5.74, 6) is 0. The third-order valence-corrected chi connectivity index (χ3v) is 0. The molecule has 0 aliphatic rings. The summed E-state index contributed by atoms with van der Waals surface area (Å²) < 4.78 is 8.55. The fraction of sp³-hybridized carbons (Fsp3) is 0. The largest absolute Gasteiger partial charge is 3.00 e. The molecular weight excluding hydrogens is 248 g/mol. The van der Waals surface area contributed by atoms with Crippen LogP contribution in [-0.4, -0.2) is 17.4 Å². The van der Waals surface area contributed by atoms with E-state index < -0.39 is 7.82 Å². The van der Waals surface area contributed by atoms with Gasteiger partial charge in [0.2, 0.25) is 0 Å². The monoisotopic (exact) mass is 248 g/mol. The third kappa shape index (κ3) is 136. The summed E-state index contributed by atoms with van der Waals surface area (Å²) in [4.78, 5) is 25.6. The van der Waals surface area contributed by atoms with Crippen molar-refractivity contribution in [2.75, 3.05) is 0 Å². The molecule has 0 bridgehead atoms. The number of phosphoric acid groups is 1. The van der Waals surface area contributed by atoms with Crippen molar-refractivity contribution in [1.82, 2.24) is 0 Å². The van der Waals surface area contributed by atoms with Gasteiger partial charge >= 0.3 is 70.4 Å². The summed E-state index contributed by atoms with van der Waals surface area (Å²) in [5.41, 5.74) is 0. The summed E-state index contributed by atoms with van der Waals surface area (Å²) >= 11 is 0. The van der Waals surface area contributed by atoms with Gasteiger partial charge in [0.25, 0.3) is 0 Å². The van der Waals surface area contributed by atoms with E-state index in [4.69, 9.17) is 19.2 Å². The number of rotatable bonds is 0. The van der Waals surface area contributed by atoms with Crippen molar-refractivity contribution in [3.8, 4) is 0 Å². The minimum absolute atomic E-state index is 0. The molecule has 0 aromatic rings. The topological polar surface area (TPSA) is 86.2 Å². The Morgan fingerprint density at radius 1 is 1.11 bits per heavy atom. The summed E-state index contributed by atoms with van der Waals surface area (Å²) in [6.07, 6.45) is 0. The smallest absolute Gasteiger partial charge is 0.822 e. The van der Waals surface area contributed by atoms with Crippen LogP contribution >= 0.6 is 7.82 Å². The first kappa shape index (κ1) is 30.2. The summed E-state index contributed by atoms with van der Waals surface area (Å²) in [5, 5.41) is 0. The molecule has 9 heteroatoms. The van der Waals surface area contributed by atoms with Crippen LogP contribution in [0.1, 0.15) is 0 Å². The van der Waals surface area contributed by atoms with Crippen LogP contribution in [0.4, 0.5) is 0 Å². The van der Waals surface area contributed by atoms with Crippen molar-refractivity contribution in [1.29, 1.82) is 0 Å². The molecule has 0 fully saturated rings. The quantitative estimate of drug-likeness (QED) is 0.315. The maximum Gasteiger partial charge on any atom is 3.00 e. The molecule has 0 unspecified atom stereocenters. The van der Waals surface area contributed by atoms with E-state index in [1.54, 1.807) is 0 Å². The first-order chi connectivity index (χ1) is 2.00. The van der Waals surface area contributed by atoms with Crippen molar-refractivity contribution in [2.45, 2.75) is 0 Å². The van der Waals surface area contributed by atoms with E-state index in [2.05, 4.69) is 0 Å². The van der Waals surface area contributed by atoms with E-state index in [-0.39, 0.29) is 70.4 Å². The third-order valence-electron chi connectivity index (χ3n) is 0. The number of hydrogen-bond donors (Lipinski definition) is 0. The molecule has 0 aliphatic heterocycles. The maximum atomic E-state index is 8.55. The second-order valence-electron chi connectivity index (χ2n) is 0.447. The molecule has 0 N–H and O–H groups in total. The van der Waals surface area contributed by atoms with Gasteiger partial charge in [0, 0.05) is 0 Å². The van der Waals surface area contributed by atoms with Crippen molar-refractivity contribution in [3.05, 3.63) is 0 Å². The fourth-order valence-corrected chi connectivity index (χ4v) is 0. The molecule has 0 heterocycles. The van der Waals surface area contributed by atoms with Gasteiger partial charge in [-0.3, -0.25) is 0 Å². The van der Waals surface area contributed by atoms with E-state index in [1.165, 1.54) is 0 Å². The molecule has 47 valence electrons. The SMILES string of the molecule is O=P([O-])([O-])[O-].[Al+3].[Cu+2].[Fe+2].[Li+]. The van der Waals surface area contributed by atoms with Crippen LogP contribution in [0.15, 0.2) is 0 Å². The van der Waals surface area contributed by atoms with E-state index in [0.29, 0.717) is 0 Å². The molecule has 9 heavy (non-hydrogen) atoms. The standard InChI is InChI=1S/Al.Cu.Fe.Li.H3O4P/c;;;;1-5(2,3)4/h;;;;(H3,1,2,3,4)/q+3;2*+2;+1;/p-3. The Hall–Kier alpha value is 2.28. The van der Waals surface area contributed by atoms with Gasteiger partial charge < -0.3 is 19.2 Å². The Labute approximate surface area is 96.7 Å². The molecule has 0 atom stereocenters. The molecule has 4 nitrogen and oxygen atoms in total. The number of hydrogen-bond acceptors (Lipinski definition) is 4. The van der Waals surface area contributed by atoms with Crippen LogP contribution in [0.25, 0.3) is 0 Å². The van der Waals surface area contributed by atoms with Crippen LogP contribution in [0.3, 0.4) is 0 Å². The molecule has 0 rings (SSSR count). The van der Waals surface area contributed by atoms with E-state index in [9.17, 15) is 0 Å². The Balaban J connectivity index is -0.0000000133. The zero-order valence-electron chi connectivity index (χ0n) is 4.31. The predicted octanol–water partition coefficient (Wildman–Crippen LogP) is -6.21. The first-order valence-electron chi connectivity index (χ1n) is 0.730. The Kier molecular flexibility index (Phi) is 43.4. The van der Waals surface area contributed by atoms with Crippen molar-refractivity contribution < 1.29 is 72.2 Å². The van der Waals surface area contributed by atoms with Crippen LogP contribution in [0.5, 0.6) is 0 Å². The second-order valence-corrected chi connectivity index (χ2v) is 1.34. The van der Waals surface area contributed by atoms with Crippen molar-refractivity contribution in [2.24, 2.45) is 0 Å². The zero-order chi connectivity index (χ0) is 4.50. The van der Waals surface area contributed by atoms with Gasteiger partial charge in [-0.05, 0) is 0 Å². The van der Waals surface area contributed by atoms with Gasteiger partial charge in [0.15, 0.2) is 0 Å². The van der Waals surface area contributed by atoms with Gasteiger partial charge in [-0.15, -0.1) is 0 Å². The Bertz CT molecular complexity index is 66.7. The summed E-state index contributed by atoms with van der Waals surface area (Å²) in [6, 6.07) is 0. The minimum Gasteiger partial charge on any atom is -0.822 e. The minimum atomic E-state index is -5.39. The average molecular weight is 248 g/mol. The Morgan fingerprint density at radius 3 is 1.11 bits per heavy atom.